The van der Waals surface area contributed by atoms with Crippen molar-refractivity contribution >= 4 is 21.2 Å². The van der Waals surface area contributed by atoms with Gasteiger partial charge in [-0.05, 0) is 42.5 Å². The summed E-state index contributed by atoms with van der Waals surface area (Å²) < 4.78 is 38.5. The van der Waals surface area contributed by atoms with Gasteiger partial charge in [-0.1, -0.05) is 32.1 Å². The molecule has 0 saturated heterocycles. The number of anilines is 1. The highest BCUT2D eigenvalue weighted by atomic mass is 32.2. The second kappa shape index (κ2) is 7.76. The van der Waals surface area contributed by atoms with Crippen molar-refractivity contribution in [2.24, 2.45) is 5.92 Å². The molecule has 0 unspecified atom stereocenters. The molecular formula is C20H24FN3O2S. The van der Waals surface area contributed by atoms with Crippen LogP contribution in [0.25, 0.3) is 5.57 Å². The predicted octanol–water partition coefficient (Wildman–Crippen LogP) is 3.65. The lowest BCUT2D eigenvalue weighted by atomic mass is 9.99. The fourth-order valence-electron chi connectivity index (χ4n) is 3.17. The molecule has 0 bridgehead atoms. The van der Waals surface area contributed by atoms with Gasteiger partial charge in [0.1, 0.15) is 11.6 Å². The number of nitrogens with zero attached hydrogens (tertiary/aromatic N) is 3. The van der Waals surface area contributed by atoms with Crippen LogP contribution in [0.2, 0.25) is 0 Å². The van der Waals surface area contributed by atoms with Crippen LogP contribution in [0.3, 0.4) is 0 Å². The quantitative estimate of drug-likeness (QED) is 0.731. The number of aryl methyl sites for hydroxylation is 1. The van der Waals surface area contributed by atoms with Gasteiger partial charge in [0, 0.05) is 24.8 Å². The molecule has 1 aliphatic rings. The van der Waals surface area contributed by atoms with Gasteiger partial charge in [0.05, 0.1) is 5.75 Å². The lowest BCUT2D eigenvalue weighted by molar-refractivity contribution is 0.572. The molecule has 1 aromatic heterocycles. The van der Waals surface area contributed by atoms with Gasteiger partial charge in [-0.3, -0.25) is 0 Å². The smallest absolute Gasteiger partial charge is 0.249 e. The van der Waals surface area contributed by atoms with Crippen LogP contribution >= 0.6 is 0 Å². The monoisotopic (exact) mass is 389 g/mol. The van der Waals surface area contributed by atoms with Gasteiger partial charge in [-0.15, -0.1) is 0 Å². The minimum Gasteiger partial charge on any atom is -0.352 e. The summed E-state index contributed by atoms with van der Waals surface area (Å²) in [5.41, 5.74) is 2.60. The standard InChI is InChI=1S/C20H24FN3O2S/c1-14(2)13-27(25,26)20-22-15(3)11-19(23-20)24-9-7-16(8-10-24)17-5-4-6-18(21)12-17/h4-7,11-12,14H,8-10,13H2,1-3H3. The number of benzene rings is 1. The number of rotatable bonds is 5. The fourth-order valence-corrected chi connectivity index (χ4v) is 4.71. The van der Waals surface area contributed by atoms with E-state index in [4.69, 9.17) is 0 Å². The van der Waals surface area contributed by atoms with E-state index in [-0.39, 0.29) is 22.6 Å². The largest absolute Gasteiger partial charge is 0.352 e. The van der Waals surface area contributed by atoms with Crippen molar-refractivity contribution in [3.63, 3.8) is 0 Å². The Morgan fingerprint density at radius 2 is 2.00 bits per heavy atom. The molecule has 2 heterocycles. The molecule has 3 rings (SSSR count). The summed E-state index contributed by atoms with van der Waals surface area (Å²) in [6.07, 6.45) is 2.78. The number of aromatic nitrogens is 2. The predicted molar refractivity (Wildman–Crippen MR) is 105 cm³/mol. The van der Waals surface area contributed by atoms with Crippen molar-refractivity contribution in [2.75, 3.05) is 23.7 Å². The number of sulfone groups is 1. The average molecular weight is 389 g/mol. The highest BCUT2D eigenvalue weighted by Gasteiger charge is 2.23. The van der Waals surface area contributed by atoms with Crippen LogP contribution in [0.1, 0.15) is 31.5 Å². The summed E-state index contributed by atoms with van der Waals surface area (Å²) in [5.74, 6) is 0.399. The van der Waals surface area contributed by atoms with Crippen LogP contribution in [0.4, 0.5) is 10.2 Å². The van der Waals surface area contributed by atoms with Crippen LogP contribution in [0, 0.1) is 18.7 Å². The molecule has 0 fully saturated rings. The number of halogens is 1. The molecule has 5 nitrogen and oxygen atoms in total. The van der Waals surface area contributed by atoms with E-state index in [0.29, 0.717) is 24.6 Å². The second-order valence-electron chi connectivity index (χ2n) is 7.26. The molecule has 2 aromatic rings. The van der Waals surface area contributed by atoms with Gasteiger partial charge in [-0.25, -0.2) is 22.8 Å². The summed E-state index contributed by atoms with van der Waals surface area (Å²) in [4.78, 5) is 10.5. The maximum atomic E-state index is 13.4. The van der Waals surface area contributed by atoms with Gasteiger partial charge >= 0.3 is 0 Å². The Morgan fingerprint density at radius 1 is 1.22 bits per heavy atom. The molecule has 0 amide bonds. The van der Waals surface area contributed by atoms with E-state index >= 15 is 0 Å². The molecule has 0 spiro atoms. The lowest BCUT2D eigenvalue weighted by Gasteiger charge is -2.28. The Hall–Kier alpha value is -2.28. The van der Waals surface area contributed by atoms with Crippen molar-refractivity contribution in [1.29, 1.82) is 0 Å². The zero-order chi connectivity index (χ0) is 19.6. The second-order valence-corrected chi connectivity index (χ2v) is 9.19. The Labute approximate surface area is 159 Å². The molecule has 1 aromatic carbocycles. The summed E-state index contributed by atoms with van der Waals surface area (Å²) >= 11 is 0. The van der Waals surface area contributed by atoms with E-state index in [1.165, 1.54) is 12.1 Å². The van der Waals surface area contributed by atoms with Crippen LogP contribution in [-0.2, 0) is 9.84 Å². The zero-order valence-electron chi connectivity index (χ0n) is 15.8. The molecule has 0 radical (unpaired) electrons. The first kappa shape index (κ1) is 19.5. The van der Waals surface area contributed by atoms with E-state index in [9.17, 15) is 12.8 Å². The van der Waals surface area contributed by atoms with Crippen molar-refractivity contribution < 1.29 is 12.8 Å². The van der Waals surface area contributed by atoms with Crippen molar-refractivity contribution in [3.8, 4) is 0 Å². The molecule has 0 aliphatic carbocycles. The molecule has 144 valence electrons. The molecule has 1 aliphatic heterocycles. The van der Waals surface area contributed by atoms with Crippen LogP contribution < -0.4 is 4.90 Å². The summed E-state index contributed by atoms with van der Waals surface area (Å²) in [7, 11) is -3.51. The normalized spacial score (nSPS) is 15.1. The minimum atomic E-state index is -3.51. The molecule has 0 N–H and O–H groups in total. The van der Waals surface area contributed by atoms with Crippen molar-refractivity contribution in [1.82, 2.24) is 9.97 Å². The molecule has 0 atom stereocenters. The lowest BCUT2D eigenvalue weighted by Crippen LogP contribution is -2.30. The summed E-state index contributed by atoms with van der Waals surface area (Å²) in [6, 6.07) is 8.37. The number of hydrogen-bond donors (Lipinski definition) is 0. The Kier molecular flexibility index (Phi) is 5.60. The topological polar surface area (TPSA) is 63.2 Å². The molecule has 27 heavy (non-hydrogen) atoms. The Morgan fingerprint density at radius 3 is 2.63 bits per heavy atom. The van der Waals surface area contributed by atoms with Crippen LogP contribution in [0.15, 0.2) is 41.6 Å². The van der Waals surface area contributed by atoms with Gasteiger partial charge in [-0.2, -0.15) is 0 Å². The Bertz CT molecular complexity index is 971. The first-order valence-electron chi connectivity index (χ1n) is 9.03. The third-order valence-corrected chi connectivity index (χ3v) is 6.22. The average Bonchev–Trinajstić information content (AvgIpc) is 2.60. The SMILES string of the molecule is Cc1cc(N2CC=C(c3cccc(F)c3)CC2)nc(S(=O)(=O)CC(C)C)n1. The van der Waals surface area contributed by atoms with Gasteiger partial charge < -0.3 is 4.90 Å². The van der Waals surface area contributed by atoms with E-state index in [1.54, 1.807) is 19.1 Å². The minimum absolute atomic E-state index is 0.00862. The summed E-state index contributed by atoms with van der Waals surface area (Å²) in [6.45, 7) is 6.77. The fraction of sp³-hybridized carbons (Fsp3) is 0.400. The van der Waals surface area contributed by atoms with E-state index in [1.807, 2.05) is 30.9 Å². The molecule has 0 saturated carbocycles. The first-order chi connectivity index (χ1) is 12.7. The van der Waals surface area contributed by atoms with Gasteiger partial charge in [0.25, 0.3) is 0 Å². The Balaban J connectivity index is 1.84. The third-order valence-electron chi connectivity index (χ3n) is 4.38. The highest BCUT2D eigenvalue weighted by molar-refractivity contribution is 7.91. The van der Waals surface area contributed by atoms with Crippen molar-refractivity contribution in [2.45, 2.75) is 32.3 Å². The van der Waals surface area contributed by atoms with Gasteiger partial charge in [0.2, 0.25) is 15.0 Å². The van der Waals surface area contributed by atoms with Crippen molar-refractivity contribution in [3.05, 3.63) is 53.5 Å². The van der Waals surface area contributed by atoms with Crippen LogP contribution in [0.5, 0.6) is 0 Å². The first-order valence-corrected chi connectivity index (χ1v) is 10.7. The number of hydrogen-bond acceptors (Lipinski definition) is 5. The maximum Gasteiger partial charge on any atom is 0.249 e. The summed E-state index contributed by atoms with van der Waals surface area (Å²) in [5, 5.41) is -0.105. The maximum absolute atomic E-state index is 13.4. The van der Waals surface area contributed by atoms with E-state index in [2.05, 4.69) is 9.97 Å². The molecular weight excluding hydrogens is 365 g/mol. The van der Waals surface area contributed by atoms with E-state index in [0.717, 1.165) is 17.6 Å². The van der Waals surface area contributed by atoms with Gasteiger partial charge in [0.15, 0.2) is 0 Å². The van der Waals surface area contributed by atoms with E-state index < -0.39 is 9.84 Å². The third kappa shape index (κ3) is 4.71. The zero-order valence-corrected chi connectivity index (χ0v) is 16.6. The van der Waals surface area contributed by atoms with Crippen LogP contribution in [-0.4, -0.2) is 37.2 Å². The molecule has 7 heteroatoms. The highest BCUT2D eigenvalue weighted by Crippen LogP contribution is 2.26.